The van der Waals surface area contributed by atoms with Crippen molar-refractivity contribution in [1.82, 2.24) is 5.32 Å². The lowest BCUT2D eigenvalue weighted by Gasteiger charge is -2.24. The Balaban J connectivity index is 2.07. The van der Waals surface area contributed by atoms with Crippen molar-refractivity contribution in [3.8, 4) is 11.8 Å². The Kier molecular flexibility index (Phi) is 5.56. The van der Waals surface area contributed by atoms with Crippen molar-refractivity contribution in [3.05, 3.63) is 65.2 Å². The van der Waals surface area contributed by atoms with Gasteiger partial charge in [-0.15, -0.1) is 0 Å². The van der Waals surface area contributed by atoms with Crippen LogP contribution in [0, 0.1) is 18.3 Å². The Labute approximate surface area is 149 Å². The van der Waals surface area contributed by atoms with E-state index in [4.69, 9.17) is 4.74 Å². The second-order valence-corrected chi connectivity index (χ2v) is 6.03. The minimum absolute atomic E-state index is 0.0235. The van der Waals surface area contributed by atoms with E-state index in [1.165, 1.54) is 6.92 Å². The Bertz CT molecular complexity index is 826. The molecule has 0 saturated carbocycles. The molecule has 4 nitrogen and oxygen atoms in total. The smallest absolute Gasteiger partial charge is 0.416 e. The predicted octanol–water partition coefficient (Wildman–Crippen LogP) is 4.10. The molecule has 0 radical (unpaired) electrons. The molecule has 1 amide bonds. The number of ether oxygens (including phenoxy) is 1. The molecule has 0 heterocycles. The summed E-state index contributed by atoms with van der Waals surface area (Å²) in [6, 6.07) is 13.0. The first-order valence-electron chi connectivity index (χ1n) is 7.74. The summed E-state index contributed by atoms with van der Waals surface area (Å²) in [5.41, 5.74) is -1.29. The van der Waals surface area contributed by atoms with Gasteiger partial charge in [-0.25, -0.2) is 0 Å². The largest absolute Gasteiger partial charge is 0.490 e. The fourth-order valence-corrected chi connectivity index (χ4v) is 2.17. The second-order valence-electron chi connectivity index (χ2n) is 6.03. The summed E-state index contributed by atoms with van der Waals surface area (Å²) in [7, 11) is 0. The summed E-state index contributed by atoms with van der Waals surface area (Å²) in [6.45, 7) is 3.22. The van der Waals surface area contributed by atoms with E-state index in [1.807, 2.05) is 25.1 Å². The summed E-state index contributed by atoms with van der Waals surface area (Å²) >= 11 is 0. The lowest BCUT2D eigenvalue weighted by atomic mass is 10.0. The molecule has 0 aromatic heterocycles. The second kappa shape index (κ2) is 7.48. The van der Waals surface area contributed by atoms with Crippen LogP contribution in [0.15, 0.2) is 48.5 Å². The summed E-state index contributed by atoms with van der Waals surface area (Å²) in [5.74, 6) is -0.0751. The number of nitrogens with zero attached hydrogens (tertiary/aromatic N) is 1. The van der Waals surface area contributed by atoms with Gasteiger partial charge in [0.25, 0.3) is 5.91 Å². The van der Waals surface area contributed by atoms with Gasteiger partial charge in [-0.2, -0.15) is 18.4 Å². The van der Waals surface area contributed by atoms with Crippen molar-refractivity contribution in [3.63, 3.8) is 0 Å². The summed E-state index contributed by atoms with van der Waals surface area (Å²) in [5, 5.41) is 11.9. The van der Waals surface area contributed by atoms with Crippen LogP contribution in [0.5, 0.6) is 5.75 Å². The van der Waals surface area contributed by atoms with Crippen LogP contribution in [-0.4, -0.2) is 18.1 Å². The van der Waals surface area contributed by atoms with Gasteiger partial charge in [-0.1, -0.05) is 18.2 Å². The normalized spacial score (nSPS) is 13.4. The van der Waals surface area contributed by atoms with E-state index < -0.39 is 23.2 Å². The van der Waals surface area contributed by atoms with E-state index in [2.05, 4.69) is 5.32 Å². The number of carbonyl (C=O) groups excluding carboxylic acids is 1. The standard InChI is InChI=1S/C19H17F3N2O2/c1-13-5-3-4-6-16(13)26-12-18(2,11-23)24-17(25)14-7-9-15(10-8-14)19(20,21)22/h3-10H,12H2,1-2H3,(H,24,25). The van der Waals surface area contributed by atoms with E-state index >= 15 is 0 Å². The van der Waals surface area contributed by atoms with Crippen molar-refractivity contribution in [2.75, 3.05) is 6.61 Å². The van der Waals surface area contributed by atoms with Gasteiger partial charge < -0.3 is 10.1 Å². The molecule has 0 aliphatic rings. The van der Waals surface area contributed by atoms with Gasteiger partial charge in [0, 0.05) is 5.56 Å². The van der Waals surface area contributed by atoms with Gasteiger partial charge in [-0.3, -0.25) is 4.79 Å². The van der Waals surface area contributed by atoms with Gasteiger partial charge in [0.1, 0.15) is 12.4 Å². The van der Waals surface area contributed by atoms with Gasteiger partial charge in [0.15, 0.2) is 5.54 Å². The molecule has 26 heavy (non-hydrogen) atoms. The van der Waals surface area contributed by atoms with Crippen molar-refractivity contribution >= 4 is 5.91 Å². The fraction of sp³-hybridized carbons (Fsp3) is 0.263. The van der Waals surface area contributed by atoms with Gasteiger partial charge in [0.2, 0.25) is 0 Å². The molecule has 0 aliphatic carbocycles. The molecule has 136 valence electrons. The number of alkyl halides is 3. The van der Waals surface area contributed by atoms with Crippen LogP contribution in [0.25, 0.3) is 0 Å². The monoisotopic (exact) mass is 362 g/mol. The molecule has 2 rings (SSSR count). The third kappa shape index (κ3) is 4.76. The maximum Gasteiger partial charge on any atom is 0.416 e. The number of carbonyl (C=O) groups is 1. The van der Waals surface area contributed by atoms with Crippen molar-refractivity contribution in [2.24, 2.45) is 0 Å². The maximum atomic E-state index is 12.6. The molecule has 1 N–H and O–H groups in total. The first-order chi connectivity index (χ1) is 12.1. The van der Waals surface area contributed by atoms with Crippen LogP contribution in [-0.2, 0) is 6.18 Å². The quantitative estimate of drug-likeness (QED) is 0.871. The average molecular weight is 362 g/mol. The number of hydrogen-bond donors (Lipinski definition) is 1. The number of halogens is 3. The van der Waals surface area contributed by atoms with Crippen LogP contribution in [0.2, 0.25) is 0 Å². The number of nitrogens with one attached hydrogen (secondary N) is 1. The van der Waals surface area contributed by atoms with E-state index in [0.717, 1.165) is 29.8 Å². The third-order valence-electron chi connectivity index (χ3n) is 3.72. The number of para-hydroxylation sites is 1. The van der Waals surface area contributed by atoms with Gasteiger partial charge >= 0.3 is 6.18 Å². The SMILES string of the molecule is Cc1ccccc1OCC(C)(C#N)NC(=O)c1ccc(C(F)(F)F)cc1. The predicted molar refractivity (Wildman–Crippen MR) is 89.6 cm³/mol. The molecular formula is C19H17F3N2O2. The van der Waals surface area contributed by atoms with Crippen LogP contribution < -0.4 is 10.1 Å². The summed E-state index contributed by atoms with van der Waals surface area (Å²) in [4.78, 5) is 12.3. The lowest BCUT2D eigenvalue weighted by molar-refractivity contribution is -0.137. The average Bonchev–Trinajstić information content (AvgIpc) is 2.60. The molecule has 0 bridgehead atoms. The van der Waals surface area contributed by atoms with Crippen molar-refractivity contribution < 1.29 is 22.7 Å². The molecule has 1 unspecified atom stereocenters. The molecule has 2 aromatic carbocycles. The topological polar surface area (TPSA) is 62.1 Å². The molecule has 0 fully saturated rings. The minimum Gasteiger partial charge on any atom is -0.490 e. The number of hydrogen-bond acceptors (Lipinski definition) is 3. The first kappa shape index (κ1) is 19.3. The highest BCUT2D eigenvalue weighted by Gasteiger charge is 2.31. The van der Waals surface area contributed by atoms with Crippen LogP contribution in [0.4, 0.5) is 13.2 Å². The summed E-state index contributed by atoms with van der Waals surface area (Å²) in [6.07, 6.45) is -4.47. The molecule has 2 aromatic rings. The fourth-order valence-electron chi connectivity index (χ4n) is 2.17. The van der Waals surface area contributed by atoms with Crippen LogP contribution >= 0.6 is 0 Å². The Morgan fingerprint density at radius 2 is 1.77 bits per heavy atom. The van der Waals surface area contributed by atoms with E-state index in [9.17, 15) is 23.2 Å². The number of amides is 1. The molecule has 0 aliphatic heterocycles. The zero-order valence-electron chi connectivity index (χ0n) is 14.2. The number of aryl methyl sites for hydroxylation is 1. The number of nitriles is 1. The first-order valence-corrected chi connectivity index (χ1v) is 7.74. The zero-order valence-corrected chi connectivity index (χ0v) is 14.2. The van der Waals surface area contributed by atoms with Gasteiger partial charge in [0.05, 0.1) is 11.6 Å². The lowest BCUT2D eigenvalue weighted by Crippen LogP contribution is -2.49. The van der Waals surface area contributed by atoms with Gasteiger partial charge in [-0.05, 0) is 49.7 Å². The number of rotatable bonds is 5. The van der Waals surface area contributed by atoms with E-state index in [1.54, 1.807) is 12.1 Å². The minimum atomic E-state index is -4.47. The van der Waals surface area contributed by atoms with E-state index in [-0.39, 0.29) is 12.2 Å². The zero-order chi connectivity index (χ0) is 19.4. The molecule has 0 spiro atoms. The highest BCUT2D eigenvalue weighted by Crippen LogP contribution is 2.29. The molecule has 7 heteroatoms. The Hall–Kier alpha value is -3.01. The molecular weight excluding hydrogens is 345 g/mol. The van der Waals surface area contributed by atoms with Crippen molar-refractivity contribution in [2.45, 2.75) is 25.6 Å². The third-order valence-corrected chi connectivity index (χ3v) is 3.72. The van der Waals surface area contributed by atoms with Crippen molar-refractivity contribution in [1.29, 1.82) is 5.26 Å². The Morgan fingerprint density at radius 3 is 2.31 bits per heavy atom. The highest BCUT2D eigenvalue weighted by atomic mass is 19.4. The summed E-state index contributed by atoms with van der Waals surface area (Å²) < 4.78 is 43.3. The molecule has 1 atom stereocenters. The highest BCUT2D eigenvalue weighted by molar-refractivity contribution is 5.95. The maximum absolute atomic E-state index is 12.6. The Morgan fingerprint density at radius 1 is 1.15 bits per heavy atom. The van der Waals surface area contributed by atoms with Crippen LogP contribution in [0.1, 0.15) is 28.4 Å². The number of benzene rings is 2. The van der Waals surface area contributed by atoms with E-state index in [0.29, 0.717) is 5.75 Å². The molecule has 0 saturated heterocycles. The van der Waals surface area contributed by atoms with Crippen LogP contribution in [0.3, 0.4) is 0 Å².